The fourth-order valence-corrected chi connectivity index (χ4v) is 1.40. The van der Waals surface area contributed by atoms with Gasteiger partial charge in [-0.3, -0.25) is 4.79 Å². The predicted molar refractivity (Wildman–Crippen MR) is 59.2 cm³/mol. The summed E-state index contributed by atoms with van der Waals surface area (Å²) in [6, 6.07) is 0. The van der Waals surface area contributed by atoms with Gasteiger partial charge in [0.2, 0.25) is 0 Å². The Morgan fingerprint density at radius 1 is 1.43 bits per heavy atom. The lowest BCUT2D eigenvalue weighted by Gasteiger charge is -2.26. The quantitative estimate of drug-likeness (QED) is 0.624. The maximum atomic E-state index is 11.3. The van der Waals surface area contributed by atoms with E-state index in [4.69, 9.17) is 34.8 Å². The first-order valence-electron chi connectivity index (χ1n) is 4.31. The van der Waals surface area contributed by atoms with E-state index in [1.165, 1.54) is 0 Å². The summed E-state index contributed by atoms with van der Waals surface area (Å²) >= 11 is 16.2. The van der Waals surface area contributed by atoms with Crippen LogP contribution >= 0.6 is 34.8 Å². The highest BCUT2D eigenvalue weighted by Crippen LogP contribution is 2.28. The molecule has 0 bridgehead atoms. The topological polar surface area (TPSA) is 32.7 Å². The second-order valence-electron chi connectivity index (χ2n) is 3.21. The summed E-state index contributed by atoms with van der Waals surface area (Å²) in [6.07, 6.45) is 2.90. The molecule has 0 aliphatic carbocycles. The highest BCUT2D eigenvalue weighted by atomic mass is 35.6. The molecule has 80 valence electrons. The number of likely N-dealkylation sites (tertiary alicyclic amines) is 1. The second kappa shape index (κ2) is 4.69. The third kappa shape index (κ3) is 3.30. The van der Waals surface area contributed by atoms with E-state index < -0.39 is 9.70 Å². The standard InChI is InChI=1S/C8H11Cl3N2O/c1-13-5-3-2-4-6(13)12-7(14)8(9,10)11/h2-5H2,1H3. The van der Waals surface area contributed by atoms with Gasteiger partial charge in [0.05, 0.1) is 0 Å². The van der Waals surface area contributed by atoms with Crippen molar-refractivity contribution in [3.8, 4) is 0 Å². The van der Waals surface area contributed by atoms with Crippen LogP contribution in [0.3, 0.4) is 0 Å². The molecule has 6 heteroatoms. The zero-order chi connectivity index (χ0) is 10.8. The molecule has 1 heterocycles. The summed E-state index contributed by atoms with van der Waals surface area (Å²) in [7, 11) is 1.88. The van der Waals surface area contributed by atoms with Gasteiger partial charge >= 0.3 is 0 Å². The molecule has 0 spiro atoms. The van der Waals surface area contributed by atoms with Gasteiger partial charge < -0.3 is 4.90 Å². The van der Waals surface area contributed by atoms with E-state index in [9.17, 15) is 4.79 Å². The Balaban J connectivity index is 2.71. The van der Waals surface area contributed by atoms with Crippen LogP contribution in [0.5, 0.6) is 0 Å². The minimum atomic E-state index is -1.94. The SMILES string of the molecule is CN1CCCCC1=NC(=O)C(Cl)(Cl)Cl. The Morgan fingerprint density at radius 3 is 2.57 bits per heavy atom. The van der Waals surface area contributed by atoms with E-state index in [0.717, 1.165) is 25.8 Å². The molecule has 1 amide bonds. The van der Waals surface area contributed by atoms with Gasteiger partial charge in [-0.2, -0.15) is 4.99 Å². The molecule has 1 fully saturated rings. The molecule has 0 atom stereocenters. The minimum absolute atomic E-state index is 0.701. The fourth-order valence-electron chi connectivity index (χ4n) is 1.27. The Hall–Kier alpha value is 0.01000. The first-order valence-corrected chi connectivity index (χ1v) is 5.44. The summed E-state index contributed by atoms with van der Waals surface area (Å²) in [6.45, 7) is 0.895. The van der Waals surface area contributed by atoms with Gasteiger partial charge in [0.1, 0.15) is 5.84 Å². The van der Waals surface area contributed by atoms with Crippen LogP contribution in [0, 0.1) is 0 Å². The van der Waals surface area contributed by atoms with Crippen LogP contribution in [-0.2, 0) is 4.79 Å². The van der Waals surface area contributed by atoms with Crippen LogP contribution in [0.2, 0.25) is 0 Å². The summed E-state index contributed by atoms with van der Waals surface area (Å²) in [5.74, 6) is -0.0150. The molecule has 0 aromatic heterocycles. The normalized spacial score (nSPS) is 21.4. The van der Waals surface area contributed by atoms with Crippen molar-refractivity contribution in [1.82, 2.24) is 4.90 Å². The van der Waals surface area contributed by atoms with Crippen LogP contribution < -0.4 is 0 Å². The van der Waals surface area contributed by atoms with Crippen molar-refractivity contribution in [3.05, 3.63) is 0 Å². The minimum Gasteiger partial charge on any atom is -0.363 e. The number of hydrogen-bond donors (Lipinski definition) is 0. The fraction of sp³-hybridized carbons (Fsp3) is 0.750. The molecule has 0 aromatic rings. The molecule has 1 aliphatic rings. The summed E-state index contributed by atoms with van der Waals surface area (Å²) in [5.41, 5.74) is 0. The van der Waals surface area contributed by atoms with E-state index >= 15 is 0 Å². The predicted octanol–water partition coefficient (Wildman–Crippen LogP) is 2.40. The van der Waals surface area contributed by atoms with Gasteiger partial charge in [-0.1, -0.05) is 34.8 Å². The molecule has 14 heavy (non-hydrogen) atoms. The van der Waals surface area contributed by atoms with E-state index in [1.807, 2.05) is 11.9 Å². The third-order valence-electron chi connectivity index (χ3n) is 2.06. The van der Waals surface area contributed by atoms with Gasteiger partial charge in [-0.05, 0) is 12.8 Å². The van der Waals surface area contributed by atoms with Gasteiger partial charge in [0.25, 0.3) is 9.70 Å². The van der Waals surface area contributed by atoms with Gasteiger partial charge in [0.15, 0.2) is 0 Å². The molecule has 0 saturated carbocycles. The van der Waals surface area contributed by atoms with Crippen LogP contribution in [0.15, 0.2) is 4.99 Å². The number of halogens is 3. The first-order chi connectivity index (χ1) is 6.41. The monoisotopic (exact) mass is 256 g/mol. The number of piperidine rings is 1. The van der Waals surface area contributed by atoms with E-state index in [2.05, 4.69) is 4.99 Å². The number of carbonyl (C=O) groups excluding carboxylic acids is 1. The van der Waals surface area contributed by atoms with E-state index in [0.29, 0.717) is 5.84 Å². The molecular weight excluding hydrogens is 246 g/mol. The molecule has 1 rings (SSSR count). The van der Waals surface area contributed by atoms with E-state index in [-0.39, 0.29) is 0 Å². The van der Waals surface area contributed by atoms with Crippen LogP contribution in [0.25, 0.3) is 0 Å². The Kier molecular flexibility index (Phi) is 4.04. The third-order valence-corrected chi connectivity index (χ3v) is 2.54. The maximum Gasteiger partial charge on any atom is 0.299 e. The van der Waals surface area contributed by atoms with Gasteiger partial charge in [-0.15, -0.1) is 0 Å². The van der Waals surface area contributed by atoms with Gasteiger partial charge in [0, 0.05) is 20.0 Å². The Labute approximate surface area is 98.0 Å². The molecule has 0 N–H and O–H groups in total. The van der Waals surface area contributed by atoms with Crippen molar-refractivity contribution in [2.75, 3.05) is 13.6 Å². The molecule has 1 aliphatic heterocycles. The average Bonchev–Trinajstić information content (AvgIpc) is 2.07. The average molecular weight is 258 g/mol. The molecular formula is C8H11Cl3N2O. The zero-order valence-corrected chi connectivity index (χ0v) is 10.0. The lowest BCUT2D eigenvalue weighted by Crippen LogP contribution is -2.33. The molecule has 3 nitrogen and oxygen atoms in total. The Bertz CT molecular complexity index is 260. The van der Waals surface area contributed by atoms with Crippen LogP contribution in [0.4, 0.5) is 0 Å². The largest absolute Gasteiger partial charge is 0.363 e. The van der Waals surface area contributed by atoms with Crippen LogP contribution in [-0.4, -0.2) is 34.0 Å². The highest BCUT2D eigenvalue weighted by molar-refractivity contribution is 6.76. The van der Waals surface area contributed by atoms with Crippen molar-refractivity contribution in [1.29, 1.82) is 0 Å². The lowest BCUT2D eigenvalue weighted by molar-refractivity contribution is -0.117. The Morgan fingerprint density at radius 2 is 2.07 bits per heavy atom. The molecule has 0 aromatic carbocycles. The highest BCUT2D eigenvalue weighted by Gasteiger charge is 2.31. The first kappa shape index (κ1) is 12.1. The summed E-state index contributed by atoms with van der Waals surface area (Å²) in [4.78, 5) is 17.0. The van der Waals surface area contributed by atoms with Crippen molar-refractivity contribution >= 4 is 46.5 Å². The molecule has 1 saturated heterocycles. The van der Waals surface area contributed by atoms with Crippen LogP contribution in [0.1, 0.15) is 19.3 Å². The summed E-state index contributed by atoms with van der Waals surface area (Å²) in [5, 5.41) is 0. The number of alkyl halides is 3. The van der Waals surface area contributed by atoms with Crippen molar-refractivity contribution in [3.63, 3.8) is 0 Å². The molecule has 0 radical (unpaired) electrons. The molecule has 0 unspecified atom stereocenters. The van der Waals surface area contributed by atoms with Crippen molar-refractivity contribution in [2.45, 2.75) is 23.1 Å². The van der Waals surface area contributed by atoms with E-state index in [1.54, 1.807) is 0 Å². The van der Waals surface area contributed by atoms with Crippen molar-refractivity contribution < 1.29 is 4.79 Å². The van der Waals surface area contributed by atoms with Gasteiger partial charge in [-0.25, -0.2) is 0 Å². The number of aliphatic imine (C=N–C) groups is 1. The number of hydrogen-bond acceptors (Lipinski definition) is 1. The maximum absolute atomic E-state index is 11.3. The lowest BCUT2D eigenvalue weighted by atomic mass is 10.1. The number of amidine groups is 1. The number of amides is 1. The smallest absolute Gasteiger partial charge is 0.299 e. The number of nitrogens with zero attached hydrogens (tertiary/aromatic N) is 2. The zero-order valence-electron chi connectivity index (χ0n) is 7.76. The number of carbonyl (C=O) groups is 1. The number of rotatable bonds is 0. The summed E-state index contributed by atoms with van der Waals surface area (Å²) < 4.78 is -1.94. The second-order valence-corrected chi connectivity index (χ2v) is 5.49. The van der Waals surface area contributed by atoms with Crippen molar-refractivity contribution in [2.24, 2.45) is 4.99 Å².